The number of hydrogen-bond donors (Lipinski definition) is 1. The van der Waals surface area contributed by atoms with Gasteiger partial charge in [-0.05, 0) is 48.3 Å². The number of aliphatic hydroxyl groups is 1. The van der Waals surface area contributed by atoms with E-state index in [2.05, 4.69) is 34.6 Å². The SMILES string of the molecule is CCCCOCC(C)(C)C(C)(C)CC1CC1CCO. The Labute approximate surface area is 119 Å². The molecule has 0 aliphatic heterocycles. The highest BCUT2D eigenvalue weighted by Crippen LogP contribution is 2.53. The van der Waals surface area contributed by atoms with Crippen LogP contribution in [0.5, 0.6) is 0 Å². The molecule has 0 bridgehead atoms. The minimum Gasteiger partial charge on any atom is -0.396 e. The summed E-state index contributed by atoms with van der Waals surface area (Å²) in [6.07, 6.45) is 5.94. The maximum atomic E-state index is 9.00. The number of unbranched alkanes of at least 4 members (excludes halogenated alkanes) is 1. The van der Waals surface area contributed by atoms with Crippen LogP contribution in [0.1, 0.15) is 66.7 Å². The summed E-state index contributed by atoms with van der Waals surface area (Å²) in [7, 11) is 0. The van der Waals surface area contributed by atoms with Gasteiger partial charge in [-0.3, -0.25) is 0 Å². The first-order valence-electron chi connectivity index (χ1n) is 8.02. The molecule has 0 spiro atoms. The molecule has 1 fully saturated rings. The summed E-state index contributed by atoms with van der Waals surface area (Å²) in [5.74, 6) is 1.61. The quantitative estimate of drug-likeness (QED) is 0.601. The predicted molar refractivity (Wildman–Crippen MR) is 81.2 cm³/mol. The van der Waals surface area contributed by atoms with Crippen LogP contribution < -0.4 is 0 Å². The molecule has 1 N–H and O–H groups in total. The van der Waals surface area contributed by atoms with Crippen molar-refractivity contribution < 1.29 is 9.84 Å². The van der Waals surface area contributed by atoms with Gasteiger partial charge in [0.1, 0.15) is 0 Å². The van der Waals surface area contributed by atoms with E-state index in [1.165, 1.54) is 19.3 Å². The maximum Gasteiger partial charge on any atom is 0.0522 e. The van der Waals surface area contributed by atoms with Gasteiger partial charge in [-0.1, -0.05) is 41.0 Å². The lowest BCUT2D eigenvalue weighted by Gasteiger charge is -2.42. The average Bonchev–Trinajstić information content (AvgIpc) is 3.02. The third kappa shape index (κ3) is 5.07. The van der Waals surface area contributed by atoms with Crippen molar-refractivity contribution >= 4 is 0 Å². The monoisotopic (exact) mass is 270 g/mol. The average molecular weight is 270 g/mol. The second-order valence-electron chi connectivity index (χ2n) is 7.65. The van der Waals surface area contributed by atoms with Crippen LogP contribution in [-0.4, -0.2) is 24.9 Å². The molecule has 2 nitrogen and oxygen atoms in total. The Morgan fingerprint density at radius 2 is 1.79 bits per heavy atom. The Morgan fingerprint density at radius 1 is 1.11 bits per heavy atom. The molecule has 0 saturated heterocycles. The summed E-state index contributed by atoms with van der Waals surface area (Å²) >= 11 is 0. The van der Waals surface area contributed by atoms with Crippen LogP contribution in [0.25, 0.3) is 0 Å². The van der Waals surface area contributed by atoms with Gasteiger partial charge in [-0.25, -0.2) is 0 Å². The Morgan fingerprint density at radius 3 is 2.37 bits per heavy atom. The minimum absolute atomic E-state index is 0.215. The summed E-state index contributed by atoms with van der Waals surface area (Å²) in [5.41, 5.74) is 0.515. The molecule has 1 aliphatic rings. The highest BCUT2D eigenvalue weighted by atomic mass is 16.5. The van der Waals surface area contributed by atoms with E-state index in [4.69, 9.17) is 9.84 Å². The topological polar surface area (TPSA) is 29.5 Å². The lowest BCUT2D eigenvalue weighted by Crippen LogP contribution is -2.37. The van der Waals surface area contributed by atoms with Crippen LogP contribution in [0.2, 0.25) is 0 Å². The molecule has 1 aliphatic carbocycles. The maximum absolute atomic E-state index is 9.00. The molecular formula is C17H34O2. The van der Waals surface area contributed by atoms with E-state index >= 15 is 0 Å². The van der Waals surface area contributed by atoms with Gasteiger partial charge in [0.15, 0.2) is 0 Å². The fourth-order valence-corrected chi connectivity index (χ4v) is 2.78. The minimum atomic E-state index is 0.215. The summed E-state index contributed by atoms with van der Waals surface area (Å²) in [6.45, 7) is 13.7. The summed E-state index contributed by atoms with van der Waals surface area (Å²) in [5, 5.41) is 9.00. The van der Waals surface area contributed by atoms with Crippen molar-refractivity contribution in [2.75, 3.05) is 19.8 Å². The van der Waals surface area contributed by atoms with E-state index in [9.17, 15) is 0 Å². The van der Waals surface area contributed by atoms with Gasteiger partial charge >= 0.3 is 0 Å². The molecule has 2 unspecified atom stereocenters. The molecule has 2 atom stereocenters. The van der Waals surface area contributed by atoms with Crippen molar-refractivity contribution in [3.63, 3.8) is 0 Å². The van der Waals surface area contributed by atoms with Crippen LogP contribution in [0.4, 0.5) is 0 Å². The van der Waals surface area contributed by atoms with Crippen LogP contribution in [0, 0.1) is 22.7 Å². The van der Waals surface area contributed by atoms with Gasteiger partial charge in [0.25, 0.3) is 0 Å². The number of ether oxygens (including phenoxy) is 1. The van der Waals surface area contributed by atoms with Gasteiger partial charge in [-0.15, -0.1) is 0 Å². The van der Waals surface area contributed by atoms with Crippen molar-refractivity contribution in [3.8, 4) is 0 Å². The van der Waals surface area contributed by atoms with Gasteiger partial charge in [0, 0.05) is 13.2 Å². The third-order valence-electron chi connectivity index (χ3n) is 5.28. The Bertz CT molecular complexity index is 258. The van der Waals surface area contributed by atoms with Gasteiger partial charge in [0.2, 0.25) is 0 Å². The molecular weight excluding hydrogens is 236 g/mol. The van der Waals surface area contributed by atoms with Gasteiger partial charge in [-0.2, -0.15) is 0 Å². The number of aliphatic hydroxyl groups excluding tert-OH is 1. The molecule has 0 radical (unpaired) electrons. The van der Waals surface area contributed by atoms with Gasteiger partial charge < -0.3 is 9.84 Å². The summed E-state index contributed by atoms with van der Waals surface area (Å²) in [4.78, 5) is 0. The smallest absolute Gasteiger partial charge is 0.0522 e. The first kappa shape index (κ1) is 17.0. The first-order valence-corrected chi connectivity index (χ1v) is 8.02. The Hall–Kier alpha value is -0.0800. The second-order valence-corrected chi connectivity index (χ2v) is 7.65. The van der Waals surface area contributed by atoms with Crippen LogP contribution in [0.3, 0.4) is 0 Å². The van der Waals surface area contributed by atoms with Crippen molar-refractivity contribution in [2.45, 2.75) is 66.7 Å². The molecule has 1 saturated carbocycles. The standard InChI is InChI=1S/C17H34O2/c1-6-7-10-19-13-17(4,5)16(2,3)12-15-11-14(15)8-9-18/h14-15,18H,6-13H2,1-5H3. The Kier molecular flexibility index (Phi) is 6.32. The highest BCUT2D eigenvalue weighted by Gasteiger charge is 2.45. The van der Waals surface area contributed by atoms with E-state index in [1.54, 1.807) is 0 Å². The molecule has 1 rings (SSSR count). The zero-order valence-corrected chi connectivity index (χ0v) is 13.7. The van der Waals surface area contributed by atoms with Crippen LogP contribution >= 0.6 is 0 Å². The normalized spacial score (nSPS) is 23.7. The van der Waals surface area contributed by atoms with Crippen molar-refractivity contribution in [2.24, 2.45) is 22.7 Å². The molecule has 0 aromatic rings. The number of hydrogen-bond acceptors (Lipinski definition) is 2. The fourth-order valence-electron chi connectivity index (χ4n) is 2.78. The molecule has 0 amide bonds. The zero-order valence-electron chi connectivity index (χ0n) is 13.7. The predicted octanol–water partition coefficient (Wildman–Crippen LogP) is 4.26. The fraction of sp³-hybridized carbons (Fsp3) is 1.00. The highest BCUT2D eigenvalue weighted by molar-refractivity contribution is 4.95. The van der Waals surface area contributed by atoms with E-state index in [-0.39, 0.29) is 5.41 Å². The van der Waals surface area contributed by atoms with Crippen molar-refractivity contribution in [1.29, 1.82) is 0 Å². The molecule has 19 heavy (non-hydrogen) atoms. The van der Waals surface area contributed by atoms with Gasteiger partial charge in [0.05, 0.1) is 6.61 Å². The van der Waals surface area contributed by atoms with Crippen LogP contribution in [0.15, 0.2) is 0 Å². The van der Waals surface area contributed by atoms with E-state index in [0.717, 1.165) is 37.9 Å². The molecule has 0 heterocycles. The van der Waals surface area contributed by atoms with E-state index in [0.29, 0.717) is 12.0 Å². The molecule has 0 aromatic carbocycles. The number of rotatable bonds is 10. The van der Waals surface area contributed by atoms with Crippen LogP contribution in [-0.2, 0) is 4.74 Å². The van der Waals surface area contributed by atoms with E-state index < -0.39 is 0 Å². The first-order chi connectivity index (χ1) is 8.84. The van der Waals surface area contributed by atoms with Crippen molar-refractivity contribution in [1.82, 2.24) is 0 Å². The lowest BCUT2D eigenvalue weighted by molar-refractivity contribution is -0.0170. The molecule has 0 aromatic heterocycles. The second kappa shape index (κ2) is 7.08. The summed E-state index contributed by atoms with van der Waals surface area (Å²) in [6, 6.07) is 0. The molecule has 114 valence electrons. The van der Waals surface area contributed by atoms with Crippen molar-refractivity contribution in [3.05, 3.63) is 0 Å². The zero-order chi connectivity index (χ0) is 14.5. The van der Waals surface area contributed by atoms with E-state index in [1.807, 2.05) is 0 Å². The molecule has 2 heteroatoms. The summed E-state index contributed by atoms with van der Waals surface area (Å²) < 4.78 is 5.86. The lowest BCUT2D eigenvalue weighted by atomic mass is 9.65. The third-order valence-corrected chi connectivity index (χ3v) is 5.28. The largest absolute Gasteiger partial charge is 0.396 e. The Balaban J connectivity index is 2.36.